The van der Waals surface area contributed by atoms with Gasteiger partial charge in [0.2, 0.25) is 17.7 Å². The van der Waals surface area contributed by atoms with Gasteiger partial charge in [0.1, 0.15) is 6.54 Å². The molecule has 3 fully saturated rings. The van der Waals surface area contributed by atoms with E-state index in [-0.39, 0.29) is 75.3 Å². The van der Waals surface area contributed by atoms with E-state index in [0.29, 0.717) is 11.4 Å². The van der Waals surface area contributed by atoms with Gasteiger partial charge in [-0.1, -0.05) is 111 Å². The molecule has 7 atom stereocenters. The van der Waals surface area contributed by atoms with Crippen molar-refractivity contribution in [3.8, 4) is 0 Å². The number of thioether (sulfide) groups is 1. The lowest BCUT2D eigenvalue weighted by Gasteiger charge is -2.43. The number of imide groups is 1. The fourth-order valence-corrected chi connectivity index (χ4v) is 12.5. The SMILES string of the molecule is CC(C)(C)c1ccc(C2c3sc(=O)n(CC(=O)Nc4cccc5ccccc45)c3SC3C4CC(C5C(=O)N(c6ccccc6)C(=O)C45)C23)cc1. The average Bonchev–Trinajstić information content (AvgIpc) is 3.83. The third kappa shape index (κ3) is 4.77. The Morgan fingerprint density at radius 2 is 1.50 bits per heavy atom. The number of anilines is 2. The summed E-state index contributed by atoms with van der Waals surface area (Å²) in [5, 5.41) is 5.89. The molecule has 7 unspecified atom stereocenters. The number of nitrogens with zero attached hydrogens (tertiary/aromatic N) is 2. The predicted octanol–water partition coefficient (Wildman–Crippen LogP) is 7.68. The molecule has 5 aromatic rings. The molecule has 2 aliphatic carbocycles. The van der Waals surface area contributed by atoms with Crippen LogP contribution in [0, 0.1) is 29.6 Å². The first kappa shape index (κ1) is 31.5. The van der Waals surface area contributed by atoms with Gasteiger partial charge in [-0.3, -0.25) is 28.6 Å². The fourth-order valence-electron chi connectivity index (χ4n) is 9.32. The van der Waals surface area contributed by atoms with E-state index in [1.807, 2.05) is 72.8 Å². The van der Waals surface area contributed by atoms with Crippen molar-refractivity contribution in [3.63, 3.8) is 0 Å². The molecule has 1 N–H and O–H groups in total. The number of amides is 3. The summed E-state index contributed by atoms with van der Waals surface area (Å²) in [6, 6.07) is 31.7. The van der Waals surface area contributed by atoms with Gasteiger partial charge in [0.15, 0.2) is 0 Å². The van der Waals surface area contributed by atoms with Crippen LogP contribution in [0.25, 0.3) is 10.8 Å². The zero-order valence-electron chi connectivity index (χ0n) is 28.0. The maximum Gasteiger partial charge on any atom is 0.308 e. The summed E-state index contributed by atoms with van der Waals surface area (Å²) in [5.74, 6) is -1.20. The molecule has 50 heavy (non-hydrogen) atoms. The van der Waals surface area contributed by atoms with Crippen molar-refractivity contribution in [2.24, 2.45) is 29.6 Å². The molecular weight excluding hydrogens is 663 g/mol. The van der Waals surface area contributed by atoms with Crippen molar-refractivity contribution >= 4 is 63.0 Å². The van der Waals surface area contributed by atoms with E-state index < -0.39 is 0 Å². The van der Waals surface area contributed by atoms with Crippen molar-refractivity contribution < 1.29 is 14.4 Å². The van der Waals surface area contributed by atoms with Gasteiger partial charge in [0.25, 0.3) is 0 Å². The lowest BCUT2D eigenvalue weighted by atomic mass is 9.68. The average molecular weight is 700 g/mol. The summed E-state index contributed by atoms with van der Waals surface area (Å²) < 4.78 is 1.64. The van der Waals surface area contributed by atoms with Gasteiger partial charge in [0, 0.05) is 27.1 Å². The molecule has 0 radical (unpaired) electrons. The van der Waals surface area contributed by atoms with Crippen molar-refractivity contribution in [1.29, 1.82) is 0 Å². The molecule has 9 heteroatoms. The standard InChI is InChI=1S/C41H37N3O4S2/c1-41(2,3)24-18-16-23(17-19-24)31-32-27-20-28(34-33(27)37(46)44(38(34)47)25-12-5-4-6-13-25)35(32)49-39-36(31)50-40(48)43(39)21-30(45)42-29-15-9-11-22-10-7-8-14-26(22)29/h4-19,27-28,31-35H,20-21H2,1-3H3,(H,42,45). The first-order chi connectivity index (χ1) is 24.1. The van der Waals surface area contributed by atoms with Crippen LogP contribution in [0.2, 0.25) is 0 Å². The number of fused-ring (bicyclic) bond motifs is 10. The Bertz CT molecular complexity index is 2250. The second-order valence-electron chi connectivity index (χ2n) is 15.2. The van der Waals surface area contributed by atoms with E-state index >= 15 is 0 Å². The van der Waals surface area contributed by atoms with Crippen molar-refractivity contribution in [1.82, 2.24) is 4.57 Å². The van der Waals surface area contributed by atoms with Crippen molar-refractivity contribution in [2.45, 2.75) is 55.3 Å². The minimum absolute atomic E-state index is 0.00243. The molecular formula is C41H37N3O4S2. The van der Waals surface area contributed by atoms with Gasteiger partial charge in [-0.25, -0.2) is 0 Å². The topological polar surface area (TPSA) is 88.5 Å². The largest absolute Gasteiger partial charge is 0.324 e. The Kier molecular flexibility index (Phi) is 7.27. The molecule has 1 saturated heterocycles. The molecule has 3 amide bonds. The minimum atomic E-state index is -0.375. The number of hydrogen-bond donors (Lipinski definition) is 1. The Morgan fingerprint density at radius 1 is 0.820 bits per heavy atom. The number of aromatic nitrogens is 1. The summed E-state index contributed by atoms with van der Waals surface area (Å²) in [5.41, 5.74) is 3.66. The lowest BCUT2D eigenvalue weighted by Crippen LogP contribution is -2.43. The number of rotatable bonds is 5. The number of carbonyl (C=O) groups excluding carboxylic acids is 3. The van der Waals surface area contributed by atoms with Gasteiger partial charge in [-0.15, -0.1) is 11.8 Å². The molecule has 9 rings (SSSR count). The summed E-state index contributed by atoms with van der Waals surface area (Å²) >= 11 is 2.88. The van der Waals surface area contributed by atoms with Crippen LogP contribution in [0.4, 0.5) is 11.4 Å². The Labute approximate surface area is 298 Å². The van der Waals surface area contributed by atoms with Crippen LogP contribution in [0.3, 0.4) is 0 Å². The number of benzene rings is 4. The smallest absolute Gasteiger partial charge is 0.308 e. The molecule has 252 valence electrons. The number of para-hydroxylation sites is 1. The van der Waals surface area contributed by atoms with Crippen LogP contribution < -0.4 is 15.1 Å². The Hall–Kier alpha value is -4.47. The molecule has 7 nitrogen and oxygen atoms in total. The summed E-state index contributed by atoms with van der Waals surface area (Å²) in [6.45, 7) is 6.48. The first-order valence-corrected chi connectivity index (χ1v) is 19.0. The molecule has 1 aromatic heterocycles. The third-order valence-corrected chi connectivity index (χ3v) is 14.3. The molecule has 0 spiro atoms. The normalized spacial score (nSPS) is 26.6. The van der Waals surface area contributed by atoms with Gasteiger partial charge in [-0.2, -0.15) is 0 Å². The highest BCUT2D eigenvalue weighted by molar-refractivity contribution is 8.00. The van der Waals surface area contributed by atoms with Crippen molar-refractivity contribution in [2.75, 3.05) is 10.2 Å². The molecule has 4 aromatic carbocycles. The van der Waals surface area contributed by atoms with Crippen LogP contribution in [-0.4, -0.2) is 27.5 Å². The second-order valence-corrected chi connectivity index (χ2v) is 17.3. The highest BCUT2D eigenvalue weighted by Crippen LogP contribution is 2.69. The Morgan fingerprint density at radius 3 is 2.24 bits per heavy atom. The zero-order valence-corrected chi connectivity index (χ0v) is 29.7. The van der Waals surface area contributed by atoms with E-state index in [4.69, 9.17) is 0 Å². The fraction of sp³-hybridized carbons (Fsp3) is 0.317. The molecule has 4 aliphatic rings. The second kappa shape index (κ2) is 11.5. The number of thiazole rings is 1. The van der Waals surface area contributed by atoms with Gasteiger partial charge < -0.3 is 5.32 Å². The third-order valence-electron chi connectivity index (χ3n) is 11.5. The summed E-state index contributed by atoms with van der Waals surface area (Å²) in [4.78, 5) is 57.9. The van der Waals surface area contributed by atoms with Crippen LogP contribution >= 0.6 is 23.1 Å². The molecule has 3 heterocycles. The van der Waals surface area contributed by atoms with Gasteiger partial charge >= 0.3 is 4.87 Å². The number of carbonyl (C=O) groups is 3. The van der Waals surface area contributed by atoms with Crippen LogP contribution in [0.15, 0.2) is 107 Å². The minimum Gasteiger partial charge on any atom is -0.324 e. The maximum absolute atomic E-state index is 14.1. The Balaban J connectivity index is 1.10. The first-order valence-electron chi connectivity index (χ1n) is 17.3. The highest BCUT2D eigenvalue weighted by Gasteiger charge is 2.69. The van der Waals surface area contributed by atoms with Crippen LogP contribution in [0.1, 0.15) is 49.1 Å². The van der Waals surface area contributed by atoms with E-state index in [1.165, 1.54) is 21.8 Å². The van der Waals surface area contributed by atoms with E-state index in [0.717, 1.165) is 32.7 Å². The van der Waals surface area contributed by atoms with Crippen LogP contribution in [0.5, 0.6) is 0 Å². The van der Waals surface area contributed by atoms with Gasteiger partial charge in [0.05, 0.1) is 22.5 Å². The maximum atomic E-state index is 14.1. The lowest BCUT2D eigenvalue weighted by molar-refractivity contribution is -0.123. The number of hydrogen-bond acceptors (Lipinski definition) is 6. The quantitative estimate of drug-likeness (QED) is 0.190. The summed E-state index contributed by atoms with van der Waals surface area (Å²) in [6.07, 6.45) is 0.815. The number of nitrogens with one attached hydrogen (secondary N) is 1. The molecule has 2 bridgehead atoms. The van der Waals surface area contributed by atoms with Crippen LogP contribution in [-0.2, 0) is 26.3 Å². The van der Waals surface area contributed by atoms with E-state index in [2.05, 4.69) is 50.4 Å². The predicted molar refractivity (Wildman–Crippen MR) is 199 cm³/mol. The monoisotopic (exact) mass is 699 g/mol. The van der Waals surface area contributed by atoms with E-state index in [1.54, 1.807) is 16.3 Å². The molecule has 2 aliphatic heterocycles. The van der Waals surface area contributed by atoms with E-state index in [9.17, 15) is 19.2 Å². The van der Waals surface area contributed by atoms with Gasteiger partial charge in [-0.05, 0) is 64.3 Å². The van der Waals surface area contributed by atoms with Crippen molar-refractivity contribution in [3.05, 3.63) is 123 Å². The summed E-state index contributed by atoms with van der Waals surface area (Å²) in [7, 11) is 0. The highest BCUT2D eigenvalue weighted by atomic mass is 32.2. The molecule has 2 saturated carbocycles. The zero-order chi connectivity index (χ0) is 34.5.